The normalized spacial score (nSPS) is 19.0. The second-order valence-electron chi connectivity index (χ2n) is 7.09. The van der Waals surface area contributed by atoms with E-state index in [9.17, 15) is 4.79 Å². The minimum atomic E-state index is -0.00398. The average Bonchev–Trinajstić information content (AvgIpc) is 2.67. The summed E-state index contributed by atoms with van der Waals surface area (Å²) in [6.07, 6.45) is 12.4. The van der Waals surface area contributed by atoms with Crippen LogP contribution in [0.4, 0.5) is 5.95 Å². The van der Waals surface area contributed by atoms with Gasteiger partial charge in [0.1, 0.15) is 5.03 Å². The second-order valence-corrected chi connectivity index (χ2v) is 8.18. The van der Waals surface area contributed by atoms with E-state index in [1.807, 2.05) is 0 Å². The molecule has 1 saturated carbocycles. The van der Waals surface area contributed by atoms with Gasteiger partial charge in [0.2, 0.25) is 5.95 Å². The number of piperidine rings is 1. The van der Waals surface area contributed by atoms with Crippen molar-refractivity contribution < 1.29 is 4.79 Å². The van der Waals surface area contributed by atoms with E-state index >= 15 is 0 Å². The summed E-state index contributed by atoms with van der Waals surface area (Å²) in [7, 11) is 0. The molecule has 138 valence electrons. The van der Waals surface area contributed by atoms with Crippen LogP contribution in [0.5, 0.6) is 0 Å². The molecule has 0 bridgehead atoms. The number of nitrogens with one attached hydrogen (secondary N) is 1. The number of anilines is 1. The monoisotopic (exact) mass is 362 g/mol. The lowest BCUT2D eigenvalue weighted by Gasteiger charge is -2.27. The number of nitrogens with zero attached hydrogens (tertiary/aromatic N) is 3. The van der Waals surface area contributed by atoms with E-state index in [0.717, 1.165) is 49.1 Å². The van der Waals surface area contributed by atoms with E-state index in [2.05, 4.69) is 22.1 Å². The summed E-state index contributed by atoms with van der Waals surface area (Å²) in [5, 5.41) is 4.04. The summed E-state index contributed by atoms with van der Waals surface area (Å²) in [5.41, 5.74) is 0.643. The fourth-order valence-electron chi connectivity index (χ4n) is 3.58. The SMILES string of the molecule is CCCSc1nc(N2CCCCC2)ncc1C(=O)NC1CCCCC1. The molecule has 2 fully saturated rings. The van der Waals surface area contributed by atoms with Crippen LogP contribution in [-0.2, 0) is 0 Å². The van der Waals surface area contributed by atoms with Crippen molar-refractivity contribution in [2.24, 2.45) is 0 Å². The molecule has 1 aliphatic heterocycles. The first kappa shape index (κ1) is 18.5. The van der Waals surface area contributed by atoms with Crippen LogP contribution in [0.15, 0.2) is 11.2 Å². The lowest BCUT2D eigenvalue weighted by molar-refractivity contribution is 0.0923. The minimum Gasteiger partial charge on any atom is -0.349 e. The van der Waals surface area contributed by atoms with Crippen molar-refractivity contribution >= 4 is 23.6 Å². The fraction of sp³-hybridized carbons (Fsp3) is 0.737. The number of aromatic nitrogens is 2. The quantitative estimate of drug-likeness (QED) is 0.611. The van der Waals surface area contributed by atoms with Crippen molar-refractivity contribution in [1.82, 2.24) is 15.3 Å². The lowest BCUT2D eigenvalue weighted by atomic mass is 9.95. The van der Waals surface area contributed by atoms with Gasteiger partial charge >= 0.3 is 0 Å². The molecule has 1 aromatic rings. The van der Waals surface area contributed by atoms with Crippen LogP contribution in [0.25, 0.3) is 0 Å². The molecule has 2 aliphatic rings. The number of thioether (sulfide) groups is 1. The van der Waals surface area contributed by atoms with Gasteiger partial charge in [-0.25, -0.2) is 9.97 Å². The van der Waals surface area contributed by atoms with Gasteiger partial charge in [0, 0.05) is 25.3 Å². The molecule has 0 spiro atoms. The van der Waals surface area contributed by atoms with Gasteiger partial charge in [-0.3, -0.25) is 4.79 Å². The van der Waals surface area contributed by atoms with E-state index < -0.39 is 0 Å². The van der Waals surface area contributed by atoms with E-state index in [1.165, 1.54) is 38.5 Å². The van der Waals surface area contributed by atoms with Crippen molar-refractivity contribution in [1.29, 1.82) is 0 Å². The van der Waals surface area contributed by atoms with Crippen molar-refractivity contribution in [3.8, 4) is 0 Å². The van der Waals surface area contributed by atoms with Crippen molar-refractivity contribution in [2.75, 3.05) is 23.7 Å². The Labute approximate surface area is 155 Å². The number of rotatable bonds is 6. The van der Waals surface area contributed by atoms with Gasteiger partial charge in [-0.15, -0.1) is 11.8 Å². The van der Waals surface area contributed by atoms with Gasteiger partial charge in [-0.05, 0) is 44.3 Å². The first-order valence-electron chi connectivity index (χ1n) is 9.83. The molecule has 1 amide bonds. The van der Waals surface area contributed by atoms with Gasteiger partial charge in [0.15, 0.2) is 0 Å². The molecule has 0 unspecified atom stereocenters. The Balaban J connectivity index is 1.74. The molecule has 1 aliphatic carbocycles. The number of hydrogen-bond acceptors (Lipinski definition) is 5. The molecule has 6 heteroatoms. The predicted octanol–water partition coefficient (Wildman–Crippen LogP) is 4.03. The summed E-state index contributed by atoms with van der Waals surface area (Å²) in [6.45, 7) is 4.19. The molecule has 0 atom stereocenters. The van der Waals surface area contributed by atoms with Crippen LogP contribution < -0.4 is 10.2 Å². The van der Waals surface area contributed by atoms with Crippen LogP contribution in [-0.4, -0.2) is 40.8 Å². The largest absolute Gasteiger partial charge is 0.349 e. The van der Waals surface area contributed by atoms with Gasteiger partial charge in [0.25, 0.3) is 5.91 Å². The summed E-state index contributed by atoms with van der Waals surface area (Å²) >= 11 is 1.68. The van der Waals surface area contributed by atoms with E-state index in [0.29, 0.717) is 11.6 Å². The molecule has 1 aromatic heterocycles. The molecule has 3 rings (SSSR count). The highest BCUT2D eigenvalue weighted by Gasteiger charge is 2.22. The number of hydrogen-bond donors (Lipinski definition) is 1. The highest BCUT2D eigenvalue weighted by Crippen LogP contribution is 2.25. The summed E-state index contributed by atoms with van der Waals surface area (Å²) in [6, 6.07) is 0.312. The van der Waals surface area contributed by atoms with Gasteiger partial charge < -0.3 is 10.2 Å². The average molecular weight is 363 g/mol. The van der Waals surface area contributed by atoms with Crippen molar-refractivity contribution in [3.05, 3.63) is 11.8 Å². The van der Waals surface area contributed by atoms with Crippen LogP contribution >= 0.6 is 11.8 Å². The van der Waals surface area contributed by atoms with Gasteiger partial charge in [-0.1, -0.05) is 26.2 Å². The van der Waals surface area contributed by atoms with Crippen LogP contribution in [0.1, 0.15) is 75.1 Å². The van der Waals surface area contributed by atoms with Gasteiger partial charge in [0.05, 0.1) is 5.56 Å². The summed E-state index contributed by atoms with van der Waals surface area (Å²) in [4.78, 5) is 24.3. The Morgan fingerprint density at radius 3 is 2.64 bits per heavy atom. The molecule has 2 heterocycles. The molecule has 0 aromatic carbocycles. The number of carbonyl (C=O) groups excluding carboxylic acids is 1. The number of carbonyl (C=O) groups is 1. The highest BCUT2D eigenvalue weighted by atomic mass is 32.2. The smallest absolute Gasteiger partial charge is 0.255 e. The Kier molecular flexibility index (Phi) is 6.96. The third-order valence-electron chi connectivity index (χ3n) is 5.01. The van der Waals surface area contributed by atoms with E-state index in [1.54, 1.807) is 18.0 Å². The second kappa shape index (κ2) is 9.41. The van der Waals surface area contributed by atoms with Crippen LogP contribution in [0, 0.1) is 0 Å². The third kappa shape index (κ3) is 5.09. The van der Waals surface area contributed by atoms with E-state index in [-0.39, 0.29) is 5.91 Å². The summed E-state index contributed by atoms with van der Waals surface area (Å²) in [5.74, 6) is 1.75. The van der Waals surface area contributed by atoms with E-state index in [4.69, 9.17) is 4.98 Å². The third-order valence-corrected chi connectivity index (χ3v) is 6.20. The summed E-state index contributed by atoms with van der Waals surface area (Å²) < 4.78 is 0. The molecule has 1 N–H and O–H groups in total. The van der Waals surface area contributed by atoms with Crippen LogP contribution in [0.2, 0.25) is 0 Å². The maximum atomic E-state index is 12.8. The highest BCUT2D eigenvalue weighted by molar-refractivity contribution is 7.99. The van der Waals surface area contributed by atoms with Gasteiger partial charge in [-0.2, -0.15) is 0 Å². The predicted molar refractivity (Wildman–Crippen MR) is 103 cm³/mol. The number of amides is 1. The Morgan fingerprint density at radius 2 is 1.92 bits per heavy atom. The molecule has 1 saturated heterocycles. The fourth-order valence-corrected chi connectivity index (χ4v) is 4.42. The molecule has 25 heavy (non-hydrogen) atoms. The molecular weight excluding hydrogens is 332 g/mol. The minimum absolute atomic E-state index is 0.00398. The molecule has 0 radical (unpaired) electrons. The maximum absolute atomic E-state index is 12.8. The lowest BCUT2D eigenvalue weighted by Crippen LogP contribution is -2.37. The topological polar surface area (TPSA) is 58.1 Å². The first-order chi connectivity index (χ1) is 12.3. The Hall–Kier alpha value is -1.30. The molecular formula is C19H30N4OS. The standard InChI is InChI=1S/C19H30N4OS/c1-2-13-25-18-16(17(24)21-15-9-5-3-6-10-15)14-20-19(22-18)23-11-7-4-8-12-23/h14-15H,2-13H2,1H3,(H,21,24). The Bertz CT molecular complexity index is 569. The zero-order chi connectivity index (χ0) is 17.5. The van der Waals surface area contributed by atoms with Crippen molar-refractivity contribution in [2.45, 2.75) is 75.8 Å². The molecule has 5 nitrogen and oxygen atoms in total. The maximum Gasteiger partial charge on any atom is 0.255 e. The van der Waals surface area contributed by atoms with Crippen LogP contribution in [0.3, 0.4) is 0 Å². The van der Waals surface area contributed by atoms with Crippen molar-refractivity contribution in [3.63, 3.8) is 0 Å². The zero-order valence-electron chi connectivity index (χ0n) is 15.3. The zero-order valence-corrected chi connectivity index (χ0v) is 16.1. The Morgan fingerprint density at radius 1 is 1.20 bits per heavy atom. The first-order valence-corrected chi connectivity index (χ1v) is 10.8.